The molecule has 7 rings (SSSR count). The summed E-state index contributed by atoms with van der Waals surface area (Å²) in [7, 11) is 0. The normalized spacial score (nSPS) is 31.6. The maximum atomic E-state index is 13.9. The Hall–Kier alpha value is -4.72. The Morgan fingerprint density at radius 2 is 0.974 bits per heavy atom. The van der Waals surface area contributed by atoms with E-state index in [4.69, 9.17) is 73.4 Å². The monoisotopic (exact) mass is 1130 g/mol. The lowest BCUT2D eigenvalue weighted by Gasteiger charge is -2.30. The molecule has 2 saturated heterocycles. The van der Waals surface area contributed by atoms with Crippen molar-refractivity contribution in [3.8, 4) is 0 Å². The van der Waals surface area contributed by atoms with Crippen LogP contribution in [0.5, 0.6) is 0 Å². The minimum absolute atomic E-state index is 0.0394. The first-order valence-electron chi connectivity index (χ1n) is 26.8. The number of rotatable bonds is 11. The number of alkyl halides is 3. The SMILES string of the molecule is CC(=N)C(Cl)(Cl)Cl.CC[C@H]1OC(=O)[C@H](C)[C@H]2O[C@@](C)(C[C@@H](C)[C@H](OCc3ccccc3)C=C=C1C)C(=O)[C@@H]2O.CC[C@H]1OC(=O)[C@H](C)[C@H]2O[C@@](C)(C[C@@H](C)[C@H](OCc3ccccc3)C=C=C1C)C(=O)[C@@H]2OCc1ccccc1. The summed E-state index contributed by atoms with van der Waals surface area (Å²) in [5.41, 5.74) is 8.95. The van der Waals surface area contributed by atoms with Gasteiger partial charge in [0.2, 0.25) is 3.79 Å². The summed E-state index contributed by atoms with van der Waals surface area (Å²) < 4.78 is 41.4. The molecule has 0 unspecified atom stereocenters. The maximum Gasteiger partial charge on any atom is 0.312 e. The van der Waals surface area contributed by atoms with Crippen LogP contribution in [0, 0.1) is 29.1 Å². The molecule has 424 valence electrons. The van der Waals surface area contributed by atoms with E-state index in [1.807, 2.05) is 138 Å². The van der Waals surface area contributed by atoms with E-state index in [-0.39, 0.29) is 42.1 Å². The third-order valence-corrected chi connectivity index (χ3v) is 15.5. The van der Waals surface area contributed by atoms with Crippen molar-refractivity contribution in [2.45, 2.75) is 185 Å². The Kier molecular flexibility index (Phi) is 23.9. The van der Waals surface area contributed by atoms with E-state index >= 15 is 0 Å². The molecule has 0 amide bonds. The number of hydrogen-bond donors (Lipinski definition) is 2. The molecule has 13 nitrogen and oxygen atoms in total. The van der Waals surface area contributed by atoms with Gasteiger partial charge in [0.25, 0.3) is 0 Å². The number of cyclic esters (lactones) is 2. The van der Waals surface area contributed by atoms with Crippen LogP contribution in [0.25, 0.3) is 0 Å². The van der Waals surface area contributed by atoms with Gasteiger partial charge in [0.15, 0.2) is 11.6 Å². The van der Waals surface area contributed by atoms with Crippen molar-refractivity contribution in [1.82, 2.24) is 0 Å². The standard InChI is InChI=1S/C33H40O6.C26H34O6.C3H4Cl3N/c1-6-27-22(2)17-18-28(36-20-25-13-9-7-10-14-25)23(3)19-33(5)31(34)30(29(39-33)24(4)32(35)38-27)37-21-26-15-11-8-12-16-26;1-6-20-16(2)12-13-21(30-15-19-10-8-7-9-11-19)17(3)14-26(5)24(28)22(27)23(32-26)18(4)25(29)31-20;1-2(7)3(4,5)6/h7-16,18,23-24,27-30H,6,19-21H2,1-5H3;7-11,13,17-18,20-23,27H,6,14-15H2,1-5H3;7H,1H3/t17?,23-,24-,27-,28-,29-,30-,33+;12?,17-,18-,20-,21-,22-,23-,26+;/m11./s1. The van der Waals surface area contributed by atoms with Crippen molar-refractivity contribution in [3.63, 3.8) is 0 Å². The largest absolute Gasteiger partial charge is 0.457 e. The highest BCUT2D eigenvalue weighted by atomic mass is 35.6. The second-order valence-electron chi connectivity index (χ2n) is 21.3. The molecule has 2 N–H and O–H groups in total. The second kappa shape index (κ2) is 29.1. The smallest absolute Gasteiger partial charge is 0.312 e. The van der Waals surface area contributed by atoms with E-state index in [1.54, 1.807) is 27.7 Å². The molecule has 78 heavy (non-hydrogen) atoms. The number of hydrogen-bond acceptors (Lipinski definition) is 13. The zero-order valence-electron chi connectivity index (χ0n) is 46.8. The molecule has 14 atom stereocenters. The number of aliphatic hydroxyl groups is 1. The Morgan fingerprint density at radius 3 is 1.35 bits per heavy atom. The molecule has 4 aliphatic heterocycles. The molecule has 0 aromatic heterocycles. The van der Waals surface area contributed by atoms with E-state index < -0.39 is 81.2 Å². The first-order valence-corrected chi connectivity index (χ1v) is 27.9. The number of fused-ring (bicyclic) bond motifs is 4. The van der Waals surface area contributed by atoms with E-state index in [2.05, 4.69) is 18.4 Å². The van der Waals surface area contributed by atoms with Crippen LogP contribution in [0.15, 0.2) is 126 Å². The minimum Gasteiger partial charge on any atom is -0.457 e. The lowest BCUT2D eigenvalue weighted by molar-refractivity contribution is -0.163. The molecule has 0 aliphatic carbocycles. The van der Waals surface area contributed by atoms with Crippen molar-refractivity contribution in [2.75, 3.05) is 0 Å². The Morgan fingerprint density at radius 1 is 0.628 bits per heavy atom. The van der Waals surface area contributed by atoms with Gasteiger partial charge in [-0.3, -0.25) is 19.2 Å². The minimum atomic E-state index is -1.50. The molecule has 2 fully saturated rings. The highest BCUT2D eigenvalue weighted by Gasteiger charge is 2.57. The molecule has 3 aromatic carbocycles. The summed E-state index contributed by atoms with van der Waals surface area (Å²) in [5, 5.41) is 17.3. The average molecular weight is 1140 g/mol. The summed E-state index contributed by atoms with van der Waals surface area (Å²) >= 11 is 15.5. The number of nitrogens with one attached hydrogen (secondary N) is 1. The Balaban J connectivity index is 0.000000260. The van der Waals surface area contributed by atoms with Crippen LogP contribution in [0.2, 0.25) is 0 Å². The Bertz CT molecular complexity index is 2630. The quantitative estimate of drug-likeness (QED) is 0.0805. The van der Waals surface area contributed by atoms with Crippen LogP contribution in [-0.4, -0.2) is 98.1 Å². The molecule has 0 spiro atoms. The van der Waals surface area contributed by atoms with Crippen LogP contribution in [0.4, 0.5) is 0 Å². The highest BCUT2D eigenvalue weighted by Crippen LogP contribution is 2.41. The number of esters is 2. The van der Waals surface area contributed by atoms with Gasteiger partial charge in [0.05, 0.1) is 49.6 Å². The zero-order valence-corrected chi connectivity index (χ0v) is 49.0. The number of ketones is 2. The molecule has 4 aliphatic rings. The third-order valence-electron chi connectivity index (χ3n) is 14.7. The number of carbonyl (C=O) groups is 4. The lowest BCUT2D eigenvalue weighted by atomic mass is 9.85. The van der Waals surface area contributed by atoms with Gasteiger partial charge in [0, 0.05) is 11.1 Å². The van der Waals surface area contributed by atoms with Gasteiger partial charge in [-0.15, -0.1) is 11.5 Å². The van der Waals surface area contributed by atoms with Gasteiger partial charge in [-0.25, -0.2) is 0 Å². The van der Waals surface area contributed by atoms with Gasteiger partial charge in [-0.05, 0) is 115 Å². The van der Waals surface area contributed by atoms with Crippen molar-refractivity contribution in [1.29, 1.82) is 5.41 Å². The fourth-order valence-corrected chi connectivity index (χ4v) is 9.80. The van der Waals surface area contributed by atoms with Gasteiger partial charge >= 0.3 is 11.9 Å². The summed E-state index contributed by atoms with van der Waals surface area (Å²) in [5.74, 6) is -3.12. The van der Waals surface area contributed by atoms with Gasteiger partial charge < -0.3 is 43.7 Å². The van der Waals surface area contributed by atoms with Gasteiger partial charge in [-0.1, -0.05) is 153 Å². The molecular formula is C62H78Cl3NO12. The van der Waals surface area contributed by atoms with E-state index in [9.17, 15) is 24.3 Å². The number of Topliss-reactive ketones (excluding diaryl/α,β-unsaturated/α-hetero) is 2. The van der Waals surface area contributed by atoms with Crippen LogP contribution < -0.4 is 0 Å². The van der Waals surface area contributed by atoms with Crippen LogP contribution in [-0.2, 0) is 72.2 Å². The van der Waals surface area contributed by atoms with Crippen molar-refractivity contribution < 1.29 is 57.4 Å². The van der Waals surface area contributed by atoms with Crippen molar-refractivity contribution >= 4 is 64.0 Å². The van der Waals surface area contributed by atoms with E-state index in [0.29, 0.717) is 38.9 Å². The van der Waals surface area contributed by atoms with Crippen LogP contribution in [0.1, 0.15) is 119 Å². The number of aliphatic hydroxyl groups excluding tert-OH is 1. The van der Waals surface area contributed by atoms with E-state index in [0.717, 1.165) is 27.8 Å². The fourth-order valence-electron chi connectivity index (χ4n) is 9.80. The summed E-state index contributed by atoms with van der Waals surface area (Å²) in [6, 6.07) is 29.5. The number of benzene rings is 3. The molecule has 3 aromatic rings. The second-order valence-corrected chi connectivity index (χ2v) is 23.5. The summed E-state index contributed by atoms with van der Waals surface area (Å²) in [6.07, 6.45) is 0.159. The van der Waals surface area contributed by atoms with Gasteiger partial charge in [-0.2, -0.15) is 0 Å². The predicted molar refractivity (Wildman–Crippen MR) is 302 cm³/mol. The number of carbonyl (C=O) groups excluding carboxylic acids is 4. The van der Waals surface area contributed by atoms with E-state index in [1.165, 1.54) is 6.92 Å². The highest BCUT2D eigenvalue weighted by molar-refractivity contribution is 6.76. The third kappa shape index (κ3) is 17.4. The average Bonchev–Trinajstić information content (AvgIpc) is 3.81. The first kappa shape index (κ1) is 64.1. The van der Waals surface area contributed by atoms with Crippen LogP contribution >= 0.6 is 34.8 Å². The molecule has 4 bridgehead atoms. The maximum absolute atomic E-state index is 13.9. The van der Waals surface area contributed by atoms with Gasteiger partial charge in [0.1, 0.15) is 47.8 Å². The number of ether oxygens (including phenoxy) is 7. The zero-order chi connectivity index (χ0) is 57.5. The summed E-state index contributed by atoms with van der Waals surface area (Å²) in [4.78, 5) is 52.9. The first-order chi connectivity index (χ1) is 36.8. The van der Waals surface area contributed by atoms with Crippen molar-refractivity contribution in [3.05, 3.63) is 142 Å². The Labute approximate surface area is 476 Å². The fraction of sp³-hybridized carbons (Fsp3) is 0.532. The topological polar surface area (TPSA) is 177 Å². The molecule has 16 heteroatoms. The number of halogens is 3. The molecule has 4 heterocycles. The van der Waals surface area contributed by atoms with Crippen LogP contribution in [0.3, 0.4) is 0 Å². The summed E-state index contributed by atoms with van der Waals surface area (Å²) in [6.45, 7) is 21.1. The molecule has 0 radical (unpaired) electrons. The van der Waals surface area contributed by atoms with Crippen molar-refractivity contribution in [2.24, 2.45) is 23.7 Å². The lowest BCUT2D eigenvalue weighted by Crippen LogP contribution is -2.41. The molecule has 0 saturated carbocycles. The molecular weight excluding hydrogens is 1060 g/mol. The predicted octanol–water partition coefficient (Wildman–Crippen LogP) is 12.1.